The van der Waals surface area contributed by atoms with Gasteiger partial charge in [0, 0.05) is 33.5 Å². The van der Waals surface area contributed by atoms with Crippen molar-refractivity contribution >= 4 is 110 Å². The van der Waals surface area contributed by atoms with Gasteiger partial charge >= 0.3 is 0 Å². The highest BCUT2D eigenvalue weighted by molar-refractivity contribution is 6.31. The van der Waals surface area contributed by atoms with E-state index in [1.807, 2.05) is 0 Å². The minimum Gasteiger partial charge on any atom is -0.311 e. The van der Waals surface area contributed by atoms with Gasteiger partial charge in [0.05, 0.1) is 11.4 Å². The van der Waals surface area contributed by atoms with Gasteiger partial charge in [-0.25, -0.2) is 0 Å². The maximum absolute atomic E-state index is 2.45. The van der Waals surface area contributed by atoms with Gasteiger partial charge in [0.2, 0.25) is 0 Å². The van der Waals surface area contributed by atoms with E-state index in [1.54, 1.807) is 0 Å². The molecule has 2 heteroatoms. The summed E-state index contributed by atoms with van der Waals surface area (Å²) in [6.45, 7) is 0. The molecule has 14 aromatic rings. The normalized spacial score (nSPS) is 11.8. The van der Waals surface area contributed by atoms with Gasteiger partial charge in [-0.2, -0.15) is 0 Å². The van der Waals surface area contributed by atoms with Crippen molar-refractivity contribution in [2.24, 2.45) is 0 Å². The summed E-state index contributed by atoms with van der Waals surface area (Å²) in [7, 11) is 0. The second-order valence-corrected chi connectivity index (χ2v) is 18.0. The van der Waals surface area contributed by atoms with E-state index in [2.05, 4.69) is 265 Å². The smallest absolute Gasteiger partial charge is 0.0540 e. The largest absolute Gasteiger partial charge is 0.311 e. The van der Waals surface area contributed by atoms with Gasteiger partial charge in [-0.15, -0.1) is 0 Å². The lowest BCUT2D eigenvalue weighted by molar-refractivity contribution is 1.28. The number of nitrogens with zero attached hydrogens (tertiary/aromatic N) is 2. The molecule has 0 saturated carbocycles. The van der Waals surface area contributed by atoms with E-state index in [4.69, 9.17) is 0 Å². The predicted molar refractivity (Wildman–Crippen MR) is 292 cm³/mol. The van der Waals surface area contributed by atoms with Gasteiger partial charge in [-0.1, -0.05) is 194 Å². The Morgan fingerprint density at radius 2 is 0.574 bits per heavy atom. The third-order valence-corrected chi connectivity index (χ3v) is 14.3. The number of hydrogen-bond donors (Lipinski definition) is 0. The number of rotatable bonds is 8. The molecule has 0 unspecified atom stereocenters. The highest BCUT2D eigenvalue weighted by atomic mass is 15.1. The molecule has 0 fully saturated rings. The van der Waals surface area contributed by atoms with Crippen LogP contribution < -0.4 is 9.80 Å². The Kier molecular flexibility index (Phi) is 8.62. The molecule has 0 aromatic heterocycles. The van der Waals surface area contributed by atoms with E-state index < -0.39 is 0 Å². The van der Waals surface area contributed by atoms with Crippen LogP contribution in [0.25, 0.3) is 97.7 Å². The Balaban J connectivity index is 0.925. The Morgan fingerprint density at radius 3 is 1.13 bits per heavy atom. The third-order valence-electron chi connectivity index (χ3n) is 14.3. The second-order valence-electron chi connectivity index (χ2n) is 18.0. The summed E-state index contributed by atoms with van der Waals surface area (Å²) in [6.07, 6.45) is 0. The molecule has 0 saturated heterocycles. The van der Waals surface area contributed by atoms with Gasteiger partial charge in [0.1, 0.15) is 0 Å². The molecule has 0 heterocycles. The predicted octanol–water partition coefficient (Wildman–Crippen LogP) is 18.9. The van der Waals surface area contributed by atoms with Gasteiger partial charge in [0.15, 0.2) is 0 Å². The molecule has 0 aliphatic heterocycles. The van der Waals surface area contributed by atoms with E-state index in [9.17, 15) is 0 Å². The molecular weight excluding hydrogens is 821 g/mol. The SMILES string of the molecule is c1ccc(N(c2ccccc2)c2ccc(-c3ccc4ccc5c(-c6ccc7ccc8c(N(c9ccccc9)c9cccc%10ccccc9%10)ccc9ccc6c7c98)ccc6ccc3c4c65)cc2)cc1. The van der Waals surface area contributed by atoms with Crippen molar-refractivity contribution in [3.8, 4) is 22.3 Å². The van der Waals surface area contributed by atoms with Crippen LogP contribution in [0.2, 0.25) is 0 Å². The lowest BCUT2D eigenvalue weighted by Gasteiger charge is -2.29. The highest BCUT2D eigenvalue weighted by Gasteiger charge is 2.22. The van der Waals surface area contributed by atoms with Crippen molar-refractivity contribution in [1.82, 2.24) is 0 Å². The average Bonchev–Trinajstić information content (AvgIpc) is 3.41. The van der Waals surface area contributed by atoms with Crippen molar-refractivity contribution in [2.45, 2.75) is 0 Å². The summed E-state index contributed by atoms with van der Waals surface area (Å²) in [4.78, 5) is 4.77. The summed E-state index contributed by atoms with van der Waals surface area (Å²) in [5.41, 5.74) is 11.8. The van der Waals surface area contributed by atoms with Crippen LogP contribution in [0.1, 0.15) is 0 Å². The molecule has 0 N–H and O–H groups in total. The first-order chi connectivity index (χ1) is 33.7. The molecule has 316 valence electrons. The number of anilines is 6. The fourth-order valence-corrected chi connectivity index (χ4v) is 11.3. The van der Waals surface area contributed by atoms with E-state index >= 15 is 0 Å². The summed E-state index contributed by atoms with van der Waals surface area (Å²) >= 11 is 0. The lowest BCUT2D eigenvalue weighted by Crippen LogP contribution is -2.11. The van der Waals surface area contributed by atoms with E-state index in [0.29, 0.717) is 0 Å². The van der Waals surface area contributed by atoms with Crippen LogP contribution in [0.4, 0.5) is 34.1 Å². The summed E-state index contributed by atoms with van der Waals surface area (Å²) in [6, 6.07) is 93.7. The second kappa shape index (κ2) is 15.3. The minimum absolute atomic E-state index is 1.12. The Bertz CT molecular complexity index is 4140. The Hall–Kier alpha value is -8.98. The molecule has 68 heavy (non-hydrogen) atoms. The zero-order valence-electron chi connectivity index (χ0n) is 37.1. The third kappa shape index (κ3) is 5.91. The van der Waals surface area contributed by atoms with Gasteiger partial charge in [-0.05, 0) is 148 Å². The van der Waals surface area contributed by atoms with Crippen LogP contribution in [-0.2, 0) is 0 Å². The molecular formula is C66H42N2. The molecule has 0 aliphatic rings. The van der Waals surface area contributed by atoms with Gasteiger partial charge in [-0.3, -0.25) is 0 Å². The van der Waals surface area contributed by atoms with E-state index in [1.165, 1.54) is 97.7 Å². The lowest BCUT2D eigenvalue weighted by atomic mass is 9.85. The van der Waals surface area contributed by atoms with E-state index in [-0.39, 0.29) is 0 Å². The van der Waals surface area contributed by atoms with Crippen LogP contribution in [-0.4, -0.2) is 0 Å². The molecule has 2 nitrogen and oxygen atoms in total. The fraction of sp³-hybridized carbons (Fsp3) is 0. The van der Waals surface area contributed by atoms with Crippen molar-refractivity contribution in [3.63, 3.8) is 0 Å². The Labute approximate surface area is 394 Å². The van der Waals surface area contributed by atoms with Crippen LogP contribution in [0.15, 0.2) is 255 Å². The number of benzene rings is 14. The fourth-order valence-electron chi connectivity index (χ4n) is 11.3. The summed E-state index contributed by atoms with van der Waals surface area (Å²) in [5.74, 6) is 0. The standard InChI is InChI=1S/C66H42N2/c1-4-15-49(16-5-1)67(50-17-6-2-7-18-50)52-33-23-44(24-34-52)53-35-25-45-29-39-58-55(36-26-46-28-38-57(53)63(45)64(46)58)56-37-27-47-31-41-60-62(42-32-48-30-40-59(56)65(47)66(48)60)68(51-19-8-3-9-20-51)61-22-12-14-43-13-10-11-21-54(43)61/h1-42H. The van der Waals surface area contributed by atoms with Crippen molar-refractivity contribution < 1.29 is 0 Å². The minimum atomic E-state index is 1.12. The molecule has 0 spiro atoms. The molecule has 0 aliphatic carbocycles. The number of fused-ring (bicyclic) bond motifs is 1. The van der Waals surface area contributed by atoms with Crippen molar-refractivity contribution in [2.75, 3.05) is 9.80 Å². The van der Waals surface area contributed by atoms with E-state index in [0.717, 1.165) is 34.1 Å². The summed E-state index contributed by atoms with van der Waals surface area (Å²) < 4.78 is 0. The van der Waals surface area contributed by atoms with Crippen LogP contribution >= 0.6 is 0 Å². The molecule has 14 rings (SSSR count). The first kappa shape index (κ1) is 38.3. The Morgan fingerprint density at radius 1 is 0.191 bits per heavy atom. The first-order valence-electron chi connectivity index (χ1n) is 23.5. The number of para-hydroxylation sites is 3. The zero-order chi connectivity index (χ0) is 44.7. The first-order valence-corrected chi connectivity index (χ1v) is 23.5. The topological polar surface area (TPSA) is 6.48 Å². The highest BCUT2D eigenvalue weighted by Crippen LogP contribution is 2.49. The molecule has 14 aromatic carbocycles. The maximum atomic E-state index is 2.45. The molecule has 0 atom stereocenters. The quantitative estimate of drug-likeness (QED) is 0.140. The van der Waals surface area contributed by atoms with Gasteiger partial charge in [0.25, 0.3) is 0 Å². The maximum Gasteiger partial charge on any atom is 0.0540 e. The molecule has 0 radical (unpaired) electrons. The van der Waals surface area contributed by atoms with Crippen LogP contribution in [0.3, 0.4) is 0 Å². The summed E-state index contributed by atoms with van der Waals surface area (Å²) in [5, 5.41) is 17.7. The zero-order valence-corrected chi connectivity index (χ0v) is 37.1. The molecule has 0 bridgehead atoms. The number of hydrogen-bond acceptors (Lipinski definition) is 2. The molecule has 0 amide bonds. The van der Waals surface area contributed by atoms with Crippen LogP contribution in [0.5, 0.6) is 0 Å². The monoisotopic (exact) mass is 862 g/mol. The van der Waals surface area contributed by atoms with Crippen molar-refractivity contribution in [3.05, 3.63) is 255 Å². The van der Waals surface area contributed by atoms with Crippen LogP contribution in [0, 0.1) is 0 Å². The van der Waals surface area contributed by atoms with Crippen molar-refractivity contribution in [1.29, 1.82) is 0 Å². The van der Waals surface area contributed by atoms with Gasteiger partial charge < -0.3 is 9.80 Å². The average molecular weight is 863 g/mol.